The smallest absolute Gasteiger partial charge is 0.246 e. The fourth-order valence-corrected chi connectivity index (χ4v) is 6.33. The summed E-state index contributed by atoms with van der Waals surface area (Å²) < 4.78 is 29.3. The van der Waals surface area contributed by atoms with E-state index in [1.54, 1.807) is 11.0 Å². The van der Waals surface area contributed by atoms with E-state index in [9.17, 15) is 13.2 Å². The molecule has 1 aromatic carbocycles. The lowest BCUT2D eigenvalue weighted by atomic mass is 10.1. The number of aromatic nitrogens is 2. The standard InChI is InChI=1S/C21H28Cl2N4O3S/c1-14(2)13-27-16(4)17(15(3)24-27)12-20(28)25-8-10-26(11-9-25)31(29,30)21-18(22)6-5-7-19(21)23/h5-7,14H,8-13H2,1-4H3. The number of carbonyl (C=O) groups is 1. The van der Waals surface area contributed by atoms with Gasteiger partial charge in [0.05, 0.1) is 22.2 Å². The van der Waals surface area contributed by atoms with Crippen LogP contribution in [0.15, 0.2) is 23.1 Å². The highest BCUT2D eigenvalue weighted by Crippen LogP contribution is 2.32. The number of nitrogens with zero attached hydrogens (tertiary/aromatic N) is 4. The zero-order chi connectivity index (χ0) is 22.9. The van der Waals surface area contributed by atoms with Crippen molar-refractivity contribution >= 4 is 39.1 Å². The molecule has 10 heteroatoms. The Morgan fingerprint density at radius 1 is 1.10 bits per heavy atom. The van der Waals surface area contributed by atoms with Crippen molar-refractivity contribution in [3.05, 3.63) is 45.2 Å². The van der Waals surface area contributed by atoms with E-state index in [0.29, 0.717) is 19.0 Å². The van der Waals surface area contributed by atoms with Crippen LogP contribution in [0.1, 0.15) is 30.8 Å². The molecule has 1 aliphatic heterocycles. The third-order valence-electron chi connectivity index (χ3n) is 5.51. The van der Waals surface area contributed by atoms with Gasteiger partial charge in [0.25, 0.3) is 0 Å². The second-order valence-electron chi connectivity index (χ2n) is 8.24. The number of sulfonamides is 1. The second-order valence-corrected chi connectivity index (χ2v) is 10.9. The molecule has 1 saturated heterocycles. The average Bonchev–Trinajstić information content (AvgIpc) is 2.94. The van der Waals surface area contributed by atoms with Gasteiger partial charge in [-0.3, -0.25) is 9.48 Å². The molecule has 0 spiro atoms. The number of hydrogen-bond acceptors (Lipinski definition) is 4. The molecule has 0 atom stereocenters. The molecule has 2 aromatic rings. The summed E-state index contributed by atoms with van der Waals surface area (Å²) in [7, 11) is -3.83. The number of hydrogen-bond donors (Lipinski definition) is 0. The van der Waals surface area contributed by atoms with E-state index in [1.165, 1.54) is 16.4 Å². The van der Waals surface area contributed by atoms with E-state index in [2.05, 4.69) is 18.9 Å². The maximum Gasteiger partial charge on any atom is 0.246 e. The first-order valence-corrected chi connectivity index (χ1v) is 12.5. The topological polar surface area (TPSA) is 75.5 Å². The van der Waals surface area contributed by atoms with Gasteiger partial charge >= 0.3 is 0 Å². The minimum atomic E-state index is -3.83. The summed E-state index contributed by atoms with van der Waals surface area (Å²) in [5.74, 6) is 0.436. The van der Waals surface area contributed by atoms with Crippen LogP contribution in [0.3, 0.4) is 0 Å². The Morgan fingerprint density at radius 2 is 1.68 bits per heavy atom. The number of aryl methyl sites for hydroxylation is 1. The highest BCUT2D eigenvalue weighted by Gasteiger charge is 2.33. The molecule has 1 fully saturated rings. The summed E-state index contributed by atoms with van der Waals surface area (Å²) >= 11 is 12.2. The van der Waals surface area contributed by atoms with Gasteiger partial charge < -0.3 is 4.90 Å². The third kappa shape index (κ3) is 5.08. The number of halogens is 2. The Labute approximate surface area is 194 Å². The number of carbonyl (C=O) groups excluding carboxylic acids is 1. The van der Waals surface area contributed by atoms with Gasteiger partial charge in [0.2, 0.25) is 15.9 Å². The molecule has 0 bridgehead atoms. The Morgan fingerprint density at radius 3 is 2.23 bits per heavy atom. The lowest BCUT2D eigenvalue weighted by Crippen LogP contribution is -2.51. The van der Waals surface area contributed by atoms with Crippen molar-refractivity contribution in [2.24, 2.45) is 5.92 Å². The van der Waals surface area contributed by atoms with Gasteiger partial charge in [-0.05, 0) is 31.9 Å². The lowest BCUT2D eigenvalue weighted by molar-refractivity contribution is -0.131. The second kappa shape index (κ2) is 9.48. The predicted molar refractivity (Wildman–Crippen MR) is 122 cm³/mol. The molecule has 2 heterocycles. The lowest BCUT2D eigenvalue weighted by Gasteiger charge is -2.34. The molecule has 0 saturated carbocycles. The summed E-state index contributed by atoms with van der Waals surface area (Å²) in [6.45, 7) is 10.0. The fourth-order valence-electron chi connectivity index (χ4n) is 3.81. The Hall–Kier alpha value is -1.61. The molecule has 0 N–H and O–H groups in total. The summed E-state index contributed by atoms with van der Waals surface area (Å²) in [5, 5.41) is 4.76. The van der Waals surface area contributed by atoms with E-state index >= 15 is 0 Å². The summed E-state index contributed by atoms with van der Waals surface area (Å²) in [6.07, 6.45) is 0.263. The first-order valence-electron chi connectivity index (χ1n) is 10.3. The first-order chi connectivity index (χ1) is 14.5. The van der Waals surface area contributed by atoms with E-state index in [1.807, 2.05) is 18.5 Å². The van der Waals surface area contributed by atoms with Crippen LogP contribution >= 0.6 is 23.2 Å². The molecule has 31 heavy (non-hydrogen) atoms. The molecule has 1 aromatic heterocycles. The highest BCUT2D eigenvalue weighted by atomic mass is 35.5. The van der Waals surface area contributed by atoms with Crippen LogP contribution in [0.2, 0.25) is 10.0 Å². The van der Waals surface area contributed by atoms with Crippen molar-refractivity contribution in [1.82, 2.24) is 19.0 Å². The van der Waals surface area contributed by atoms with E-state index in [4.69, 9.17) is 23.2 Å². The van der Waals surface area contributed by atoms with Crippen molar-refractivity contribution in [2.45, 2.75) is 45.6 Å². The van der Waals surface area contributed by atoms with Crippen LogP contribution in [0.25, 0.3) is 0 Å². The molecule has 7 nitrogen and oxygen atoms in total. The third-order valence-corrected chi connectivity index (χ3v) is 8.36. The largest absolute Gasteiger partial charge is 0.340 e. The molecule has 0 unspecified atom stereocenters. The molecular weight excluding hydrogens is 459 g/mol. The normalized spacial score (nSPS) is 15.6. The molecule has 0 radical (unpaired) electrons. The van der Waals surface area contributed by atoms with Crippen LogP contribution in [0.4, 0.5) is 0 Å². The fraction of sp³-hybridized carbons (Fsp3) is 0.524. The van der Waals surface area contributed by atoms with E-state index in [-0.39, 0.29) is 40.4 Å². The first kappa shape index (κ1) is 24.0. The zero-order valence-electron chi connectivity index (χ0n) is 18.2. The monoisotopic (exact) mass is 486 g/mol. The Kier molecular flexibility index (Phi) is 7.35. The summed E-state index contributed by atoms with van der Waals surface area (Å²) in [4.78, 5) is 14.5. The minimum Gasteiger partial charge on any atom is -0.340 e. The maximum atomic E-state index is 13.0. The van der Waals surface area contributed by atoms with Gasteiger partial charge in [0.1, 0.15) is 4.90 Å². The number of rotatable bonds is 6. The quantitative estimate of drug-likeness (QED) is 0.625. The van der Waals surface area contributed by atoms with Gasteiger partial charge in [-0.15, -0.1) is 0 Å². The maximum absolute atomic E-state index is 13.0. The Balaban J connectivity index is 1.68. The zero-order valence-corrected chi connectivity index (χ0v) is 20.6. The molecule has 1 aliphatic rings. The van der Waals surface area contributed by atoms with Crippen LogP contribution in [0, 0.1) is 19.8 Å². The van der Waals surface area contributed by atoms with Crippen molar-refractivity contribution in [2.75, 3.05) is 26.2 Å². The number of benzene rings is 1. The average molecular weight is 487 g/mol. The van der Waals surface area contributed by atoms with E-state index < -0.39 is 10.0 Å². The van der Waals surface area contributed by atoms with Crippen molar-refractivity contribution in [3.8, 4) is 0 Å². The Bertz CT molecular complexity index is 1050. The molecule has 0 aliphatic carbocycles. The van der Waals surface area contributed by atoms with Crippen LogP contribution in [0.5, 0.6) is 0 Å². The van der Waals surface area contributed by atoms with Gasteiger partial charge in [-0.25, -0.2) is 8.42 Å². The van der Waals surface area contributed by atoms with Crippen LogP contribution in [-0.2, 0) is 27.8 Å². The van der Waals surface area contributed by atoms with Gasteiger partial charge in [-0.1, -0.05) is 43.1 Å². The molecule has 3 rings (SSSR count). The van der Waals surface area contributed by atoms with Gasteiger partial charge in [0.15, 0.2) is 0 Å². The van der Waals surface area contributed by atoms with Crippen molar-refractivity contribution < 1.29 is 13.2 Å². The van der Waals surface area contributed by atoms with E-state index in [0.717, 1.165) is 23.5 Å². The molecule has 1 amide bonds. The highest BCUT2D eigenvalue weighted by molar-refractivity contribution is 7.89. The van der Waals surface area contributed by atoms with Gasteiger partial charge in [-0.2, -0.15) is 9.40 Å². The summed E-state index contributed by atoms with van der Waals surface area (Å²) in [6, 6.07) is 4.61. The molecule has 170 valence electrons. The minimum absolute atomic E-state index is 0.0249. The van der Waals surface area contributed by atoms with Crippen LogP contribution in [-0.4, -0.2) is 59.5 Å². The van der Waals surface area contributed by atoms with Gasteiger partial charge in [0, 0.05) is 44.0 Å². The number of piperazine rings is 1. The SMILES string of the molecule is Cc1nn(CC(C)C)c(C)c1CC(=O)N1CCN(S(=O)(=O)c2c(Cl)cccc2Cl)CC1. The van der Waals surface area contributed by atoms with Crippen molar-refractivity contribution in [3.63, 3.8) is 0 Å². The predicted octanol–water partition coefficient (Wildman–Crippen LogP) is 3.54. The van der Waals surface area contributed by atoms with Crippen LogP contribution < -0.4 is 0 Å². The van der Waals surface area contributed by atoms with Crippen molar-refractivity contribution in [1.29, 1.82) is 0 Å². The molecular formula is C21H28Cl2N4O3S. The summed E-state index contributed by atoms with van der Waals surface area (Å²) in [5.41, 5.74) is 2.82. The number of amides is 1.